The molecule has 2 aromatic rings. The van der Waals surface area contributed by atoms with Gasteiger partial charge in [0.2, 0.25) is 11.7 Å². The first-order valence-electron chi connectivity index (χ1n) is 5.75. The number of nitrogens with one attached hydrogen (secondary N) is 2. The van der Waals surface area contributed by atoms with Crippen molar-refractivity contribution in [3.05, 3.63) is 12.1 Å². The van der Waals surface area contributed by atoms with Gasteiger partial charge in [0.25, 0.3) is 0 Å². The van der Waals surface area contributed by atoms with E-state index < -0.39 is 0 Å². The SMILES string of the molecule is CCNC(CC)Cc1nc(-c2cn[nH]n2)no1. The highest BCUT2D eigenvalue weighted by atomic mass is 16.5. The molecule has 7 nitrogen and oxygen atoms in total. The van der Waals surface area contributed by atoms with Crippen LogP contribution in [0.25, 0.3) is 11.5 Å². The summed E-state index contributed by atoms with van der Waals surface area (Å²) in [6.07, 6.45) is 3.32. The Morgan fingerprint density at radius 2 is 2.35 bits per heavy atom. The molecule has 0 aliphatic carbocycles. The summed E-state index contributed by atoms with van der Waals surface area (Å²) >= 11 is 0. The normalized spacial score (nSPS) is 12.8. The molecule has 0 aliphatic heterocycles. The Labute approximate surface area is 99.0 Å². The van der Waals surface area contributed by atoms with Crippen LogP contribution in [0.5, 0.6) is 0 Å². The molecule has 1 atom stereocenters. The van der Waals surface area contributed by atoms with Crippen LogP contribution in [0.2, 0.25) is 0 Å². The molecule has 0 saturated heterocycles. The van der Waals surface area contributed by atoms with Crippen LogP contribution >= 0.6 is 0 Å². The van der Waals surface area contributed by atoms with Crippen molar-refractivity contribution in [3.8, 4) is 11.5 Å². The fourth-order valence-corrected chi connectivity index (χ4v) is 1.61. The molecule has 0 fully saturated rings. The summed E-state index contributed by atoms with van der Waals surface area (Å²) in [6, 6.07) is 0.366. The fourth-order valence-electron chi connectivity index (χ4n) is 1.61. The third kappa shape index (κ3) is 2.88. The van der Waals surface area contributed by atoms with E-state index in [1.807, 2.05) is 0 Å². The second-order valence-corrected chi connectivity index (χ2v) is 3.73. The second kappa shape index (κ2) is 5.53. The number of likely N-dealkylation sites (N-methyl/N-ethyl adjacent to an activating group) is 1. The molecule has 2 heterocycles. The molecule has 1 unspecified atom stereocenters. The van der Waals surface area contributed by atoms with Gasteiger partial charge in [-0.05, 0) is 13.0 Å². The zero-order valence-electron chi connectivity index (χ0n) is 9.97. The van der Waals surface area contributed by atoms with E-state index in [2.05, 4.69) is 44.7 Å². The number of aromatic nitrogens is 5. The molecule has 17 heavy (non-hydrogen) atoms. The lowest BCUT2D eigenvalue weighted by atomic mass is 10.1. The first-order chi connectivity index (χ1) is 8.33. The van der Waals surface area contributed by atoms with E-state index in [9.17, 15) is 0 Å². The lowest BCUT2D eigenvalue weighted by Gasteiger charge is -2.12. The van der Waals surface area contributed by atoms with Gasteiger partial charge >= 0.3 is 0 Å². The Morgan fingerprint density at radius 1 is 1.47 bits per heavy atom. The van der Waals surface area contributed by atoms with Crippen LogP contribution in [0, 0.1) is 0 Å². The molecule has 0 amide bonds. The van der Waals surface area contributed by atoms with Gasteiger partial charge in [0, 0.05) is 12.5 Å². The zero-order valence-corrected chi connectivity index (χ0v) is 9.97. The Hall–Kier alpha value is -1.76. The van der Waals surface area contributed by atoms with Gasteiger partial charge in [0.1, 0.15) is 0 Å². The van der Waals surface area contributed by atoms with E-state index in [0.29, 0.717) is 23.5 Å². The van der Waals surface area contributed by atoms with Crippen LogP contribution < -0.4 is 5.32 Å². The standard InChI is InChI=1S/C10H16N6O/c1-3-7(11-4-2)5-9-13-10(15-17-9)8-6-12-16-14-8/h6-7,11H,3-5H2,1-2H3,(H,12,14,16). The molecule has 2 rings (SSSR count). The molecule has 2 aromatic heterocycles. The Bertz CT molecular complexity index is 437. The topological polar surface area (TPSA) is 92.5 Å². The van der Waals surface area contributed by atoms with Gasteiger partial charge in [-0.1, -0.05) is 19.0 Å². The summed E-state index contributed by atoms with van der Waals surface area (Å²) in [6.45, 7) is 5.14. The maximum Gasteiger partial charge on any atom is 0.228 e. The Kier molecular flexibility index (Phi) is 3.81. The number of nitrogens with zero attached hydrogens (tertiary/aromatic N) is 4. The summed E-state index contributed by atoms with van der Waals surface area (Å²) in [5.74, 6) is 1.09. The van der Waals surface area contributed by atoms with E-state index in [-0.39, 0.29) is 0 Å². The van der Waals surface area contributed by atoms with Gasteiger partial charge in [-0.3, -0.25) is 0 Å². The summed E-state index contributed by atoms with van der Waals surface area (Å²) < 4.78 is 5.18. The van der Waals surface area contributed by atoms with Crippen LogP contribution in [-0.4, -0.2) is 38.1 Å². The maximum absolute atomic E-state index is 5.18. The Balaban J connectivity index is 2.03. The van der Waals surface area contributed by atoms with Crippen LogP contribution in [0.3, 0.4) is 0 Å². The van der Waals surface area contributed by atoms with E-state index in [1.54, 1.807) is 6.20 Å². The molecule has 0 saturated carbocycles. The number of rotatable bonds is 6. The minimum atomic E-state index is 0.366. The third-order valence-electron chi connectivity index (χ3n) is 2.52. The van der Waals surface area contributed by atoms with Gasteiger partial charge < -0.3 is 9.84 Å². The quantitative estimate of drug-likeness (QED) is 0.770. The molecular formula is C10H16N6O. The maximum atomic E-state index is 5.18. The molecule has 0 aromatic carbocycles. The average Bonchev–Trinajstić information content (AvgIpc) is 2.98. The van der Waals surface area contributed by atoms with Crippen LogP contribution in [0.4, 0.5) is 0 Å². The van der Waals surface area contributed by atoms with Crippen molar-refractivity contribution in [2.75, 3.05) is 6.54 Å². The lowest BCUT2D eigenvalue weighted by molar-refractivity contribution is 0.355. The highest BCUT2D eigenvalue weighted by Gasteiger charge is 2.14. The summed E-state index contributed by atoms with van der Waals surface area (Å²) in [5, 5.41) is 17.4. The van der Waals surface area contributed by atoms with Gasteiger partial charge in [-0.25, -0.2) is 0 Å². The summed E-state index contributed by atoms with van der Waals surface area (Å²) in [4.78, 5) is 4.28. The van der Waals surface area contributed by atoms with E-state index in [4.69, 9.17) is 4.52 Å². The molecule has 92 valence electrons. The first-order valence-corrected chi connectivity index (χ1v) is 5.75. The largest absolute Gasteiger partial charge is 0.339 e. The van der Waals surface area contributed by atoms with Crippen molar-refractivity contribution in [1.82, 2.24) is 30.9 Å². The molecule has 0 aliphatic rings. The smallest absolute Gasteiger partial charge is 0.228 e. The number of H-pyrrole nitrogens is 1. The summed E-state index contributed by atoms with van der Waals surface area (Å²) in [7, 11) is 0. The lowest BCUT2D eigenvalue weighted by Crippen LogP contribution is -2.30. The van der Waals surface area contributed by atoms with Crippen LogP contribution in [0.1, 0.15) is 26.2 Å². The monoisotopic (exact) mass is 236 g/mol. The molecular weight excluding hydrogens is 220 g/mol. The average molecular weight is 236 g/mol. The highest BCUT2D eigenvalue weighted by Crippen LogP contribution is 2.12. The van der Waals surface area contributed by atoms with Crippen LogP contribution in [0.15, 0.2) is 10.7 Å². The molecule has 0 radical (unpaired) electrons. The van der Waals surface area contributed by atoms with Gasteiger partial charge in [-0.2, -0.15) is 20.4 Å². The predicted molar refractivity (Wildman–Crippen MR) is 61.1 cm³/mol. The van der Waals surface area contributed by atoms with E-state index in [1.165, 1.54) is 0 Å². The van der Waals surface area contributed by atoms with Gasteiger partial charge in [0.15, 0.2) is 5.69 Å². The van der Waals surface area contributed by atoms with Crippen LogP contribution in [-0.2, 0) is 6.42 Å². The molecule has 0 bridgehead atoms. The highest BCUT2D eigenvalue weighted by molar-refractivity contribution is 5.44. The molecule has 2 N–H and O–H groups in total. The minimum absolute atomic E-state index is 0.366. The number of hydrogen-bond acceptors (Lipinski definition) is 6. The van der Waals surface area contributed by atoms with E-state index >= 15 is 0 Å². The van der Waals surface area contributed by atoms with E-state index in [0.717, 1.165) is 19.4 Å². The molecule has 0 spiro atoms. The number of aromatic amines is 1. The van der Waals surface area contributed by atoms with Crippen molar-refractivity contribution in [2.24, 2.45) is 0 Å². The number of hydrogen-bond donors (Lipinski definition) is 2. The zero-order chi connectivity index (χ0) is 12.1. The first kappa shape index (κ1) is 11.7. The molecule has 7 heteroatoms. The van der Waals surface area contributed by atoms with Gasteiger partial charge in [-0.15, -0.1) is 0 Å². The van der Waals surface area contributed by atoms with Gasteiger partial charge in [0.05, 0.1) is 6.20 Å². The fraction of sp³-hybridized carbons (Fsp3) is 0.600. The van der Waals surface area contributed by atoms with Crippen molar-refractivity contribution >= 4 is 0 Å². The Morgan fingerprint density at radius 3 is 3.00 bits per heavy atom. The van der Waals surface area contributed by atoms with Crippen molar-refractivity contribution in [1.29, 1.82) is 0 Å². The second-order valence-electron chi connectivity index (χ2n) is 3.73. The summed E-state index contributed by atoms with van der Waals surface area (Å²) in [5.41, 5.74) is 0.594. The predicted octanol–water partition coefficient (Wildman–Crippen LogP) is 0.785. The van der Waals surface area contributed by atoms with Crippen molar-refractivity contribution in [2.45, 2.75) is 32.7 Å². The third-order valence-corrected chi connectivity index (χ3v) is 2.52. The minimum Gasteiger partial charge on any atom is -0.339 e. The van der Waals surface area contributed by atoms with Crippen molar-refractivity contribution in [3.63, 3.8) is 0 Å². The van der Waals surface area contributed by atoms with Crippen molar-refractivity contribution < 1.29 is 4.52 Å².